The molecule has 0 aliphatic carbocycles. The maximum Gasteiger partial charge on any atom is 0.228 e. The molecule has 1 aliphatic rings. The van der Waals surface area contributed by atoms with Gasteiger partial charge in [0.25, 0.3) is 0 Å². The van der Waals surface area contributed by atoms with Gasteiger partial charge in [0.1, 0.15) is 0 Å². The van der Waals surface area contributed by atoms with E-state index >= 15 is 0 Å². The van der Waals surface area contributed by atoms with Gasteiger partial charge in [-0.1, -0.05) is 11.6 Å². The van der Waals surface area contributed by atoms with Gasteiger partial charge in [-0.15, -0.1) is 11.6 Å². The summed E-state index contributed by atoms with van der Waals surface area (Å²) in [5.41, 5.74) is 1.63. The minimum atomic E-state index is -0.124. The number of alkyl halides is 1. The van der Waals surface area contributed by atoms with Gasteiger partial charge >= 0.3 is 0 Å². The van der Waals surface area contributed by atoms with E-state index in [1.165, 1.54) is 0 Å². The Hall–Kier alpha value is -0.800. The van der Waals surface area contributed by atoms with E-state index in [1.54, 1.807) is 17.3 Å². The van der Waals surface area contributed by atoms with Crippen molar-refractivity contribution >= 4 is 34.8 Å². The van der Waals surface area contributed by atoms with Crippen molar-refractivity contribution in [3.8, 4) is 0 Å². The van der Waals surface area contributed by atoms with Crippen LogP contribution in [0.3, 0.4) is 0 Å². The van der Waals surface area contributed by atoms with Crippen molar-refractivity contribution in [1.29, 1.82) is 0 Å². The number of hydrogen-bond donors (Lipinski definition) is 0. The van der Waals surface area contributed by atoms with Crippen molar-refractivity contribution in [2.24, 2.45) is 0 Å². The van der Waals surface area contributed by atoms with Crippen molar-refractivity contribution in [2.75, 3.05) is 11.4 Å². The van der Waals surface area contributed by atoms with Gasteiger partial charge in [0.2, 0.25) is 5.91 Å². The van der Waals surface area contributed by atoms with Gasteiger partial charge in [-0.3, -0.25) is 9.78 Å². The number of aromatic nitrogens is 1. The van der Waals surface area contributed by atoms with Gasteiger partial charge in [0.05, 0.1) is 16.1 Å². The third-order valence-electron chi connectivity index (χ3n) is 2.40. The van der Waals surface area contributed by atoms with Crippen LogP contribution < -0.4 is 4.90 Å². The lowest BCUT2D eigenvalue weighted by atomic mass is 10.2. The predicted molar refractivity (Wildman–Crippen MR) is 60.6 cm³/mol. The summed E-state index contributed by atoms with van der Waals surface area (Å²) in [4.78, 5) is 17.2. The summed E-state index contributed by atoms with van der Waals surface area (Å²) in [6.07, 6.45) is 3.61. The number of carbonyl (C=O) groups is 1. The normalized spacial score (nSPS) is 21.1. The molecule has 80 valence electrons. The molecule has 1 atom stereocenters. The third kappa shape index (κ3) is 1.94. The zero-order valence-corrected chi connectivity index (χ0v) is 9.72. The number of aryl methyl sites for hydroxylation is 1. The minimum Gasteiger partial charge on any atom is -0.309 e. The van der Waals surface area contributed by atoms with Crippen LogP contribution in [0.25, 0.3) is 0 Å². The largest absolute Gasteiger partial charge is 0.309 e. The lowest BCUT2D eigenvalue weighted by molar-refractivity contribution is -0.117. The molecule has 1 amide bonds. The van der Waals surface area contributed by atoms with Crippen LogP contribution in [0.15, 0.2) is 12.4 Å². The summed E-state index contributed by atoms with van der Waals surface area (Å²) in [5, 5.41) is 0.371. The Labute approximate surface area is 98.0 Å². The second-order valence-corrected chi connectivity index (χ2v) is 4.62. The molecule has 1 aromatic heterocycles. The highest BCUT2D eigenvalue weighted by Gasteiger charge is 2.31. The van der Waals surface area contributed by atoms with Gasteiger partial charge in [0.15, 0.2) is 0 Å². The minimum absolute atomic E-state index is 0.0196. The molecule has 1 saturated heterocycles. The number of anilines is 1. The van der Waals surface area contributed by atoms with Crippen molar-refractivity contribution in [3.05, 3.63) is 23.0 Å². The Bertz CT molecular complexity index is 388. The van der Waals surface area contributed by atoms with Gasteiger partial charge in [-0.05, 0) is 12.5 Å². The highest BCUT2D eigenvalue weighted by atomic mass is 35.5. The topological polar surface area (TPSA) is 33.2 Å². The molecule has 0 spiro atoms. The number of pyridine rings is 1. The quantitative estimate of drug-likeness (QED) is 0.711. The molecule has 1 fully saturated rings. The molecule has 1 aromatic rings. The lowest BCUT2D eigenvalue weighted by Crippen LogP contribution is -2.25. The lowest BCUT2D eigenvalue weighted by Gasteiger charge is -2.19. The number of halogens is 2. The summed E-state index contributed by atoms with van der Waals surface area (Å²) >= 11 is 12.0. The van der Waals surface area contributed by atoms with E-state index in [9.17, 15) is 4.79 Å². The fourth-order valence-corrected chi connectivity index (χ4v) is 2.32. The van der Waals surface area contributed by atoms with Gasteiger partial charge in [-0.2, -0.15) is 0 Å². The zero-order valence-electron chi connectivity index (χ0n) is 8.20. The third-order valence-corrected chi connectivity index (χ3v) is 2.97. The molecule has 1 aliphatic heterocycles. The average Bonchev–Trinajstić information content (AvgIpc) is 2.45. The number of hydrogen-bond acceptors (Lipinski definition) is 2. The Morgan fingerprint density at radius 3 is 2.80 bits per heavy atom. The second-order valence-electron chi connectivity index (χ2n) is 3.59. The van der Waals surface area contributed by atoms with E-state index < -0.39 is 0 Å². The Balaban J connectivity index is 2.41. The van der Waals surface area contributed by atoms with E-state index in [4.69, 9.17) is 23.2 Å². The van der Waals surface area contributed by atoms with Crippen molar-refractivity contribution < 1.29 is 4.79 Å². The van der Waals surface area contributed by atoms with Crippen molar-refractivity contribution in [3.63, 3.8) is 0 Å². The summed E-state index contributed by atoms with van der Waals surface area (Å²) in [5.74, 6) is 0.0196. The van der Waals surface area contributed by atoms with Gasteiger partial charge < -0.3 is 4.90 Å². The fourth-order valence-electron chi connectivity index (χ4n) is 1.75. The van der Waals surface area contributed by atoms with E-state index in [-0.39, 0.29) is 11.3 Å². The molecule has 5 heteroatoms. The smallest absolute Gasteiger partial charge is 0.228 e. The highest BCUT2D eigenvalue weighted by molar-refractivity contribution is 6.34. The van der Waals surface area contributed by atoms with Crippen LogP contribution in [0.4, 0.5) is 5.69 Å². The fraction of sp³-hybridized carbons (Fsp3) is 0.400. The molecule has 3 nitrogen and oxygen atoms in total. The van der Waals surface area contributed by atoms with E-state index in [0.29, 0.717) is 18.0 Å². The molecule has 1 unspecified atom stereocenters. The van der Waals surface area contributed by atoms with Crippen LogP contribution in [-0.4, -0.2) is 22.8 Å². The van der Waals surface area contributed by atoms with Crippen LogP contribution in [0.2, 0.25) is 5.02 Å². The Morgan fingerprint density at radius 1 is 1.53 bits per heavy atom. The molecular weight excluding hydrogens is 235 g/mol. The highest BCUT2D eigenvalue weighted by Crippen LogP contribution is 2.32. The molecule has 2 rings (SSSR count). The first-order chi connectivity index (χ1) is 7.09. The van der Waals surface area contributed by atoms with Crippen LogP contribution in [0.5, 0.6) is 0 Å². The van der Waals surface area contributed by atoms with Gasteiger partial charge in [-0.25, -0.2) is 0 Å². The van der Waals surface area contributed by atoms with Crippen LogP contribution >= 0.6 is 23.2 Å². The van der Waals surface area contributed by atoms with Crippen LogP contribution in [-0.2, 0) is 4.79 Å². The Kier molecular flexibility index (Phi) is 2.85. The molecule has 0 radical (unpaired) electrons. The van der Waals surface area contributed by atoms with E-state index in [1.807, 2.05) is 6.92 Å². The SMILES string of the molecule is Cc1cncc(Cl)c1N1CC(Cl)CC1=O. The number of rotatable bonds is 1. The predicted octanol–water partition coefficient (Wildman–Crippen LogP) is 2.39. The van der Waals surface area contributed by atoms with E-state index in [2.05, 4.69) is 4.98 Å². The summed E-state index contributed by atoms with van der Waals surface area (Å²) in [6.45, 7) is 2.40. The monoisotopic (exact) mass is 244 g/mol. The first kappa shape index (κ1) is 10.7. The molecule has 0 aromatic carbocycles. The van der Waals surface area contributed by atoms with Crippen LogP contribution in [0.1, 0.15) is 12.0 Å². The van der Waals surface area contributed by atoms with Crippen molar-refractivity contribution in [2.45, 2.75) is 18.7 Å². The number of carbonyl (C=O) groups excluding carboxylic acids is 1. The molecular formula is C10H10Cl2N2O. The zero-order chi connectivity index (χ0) is 11.0. The first-order valence-corrected chi connectivity index (χ1v) is 5.45. The summed E-state index contributed by atoms with van der Waals surface area (Å²) < 4.78 is 0. The number of amides is 1. The molecule has 15 heavy (non-hydrogen) atoms. The van der Waals surface area contributed by atoms with Crippen LogP contribution in [0, 0.1) is 6.92 Å². The van der Waals surface area contributed by atoms with Gasteiger partial charge in [0, 0.05) is 25.4 Å². The maximum absolute atomic E-state index is 11.7. The first-order valence-electron chi connectivity index (χ1n) is 4.64. The summed E-state index contributed by atoms with van der Waals surface area (Å²) in [6, 6.07) is 0. The number of nitrogens with zero attached hydrogens (tertiary/aromatic N) is 2. The molecule has 0 bridgehead atoms. The van der Waals surface area contributed by atoms with Crippen molar-refractivity contribution in [1.82, 2.24) is 4.98 Å². The summed E-state index contributed by atoms with van der Waals surface area (Å²) in [7, 11) is 0. The molecule has 0 saturated carbocycles. The molecule has 2 heterocycles. The maximum atomic E-state index is 11.7. The second kappa shape index (κ2) is 3.99. The standard InChI is InChI=1S/C10H10Cl2N2O/c1-6-3-13-4-8(12)10(6)14-5-7(11)2-9(14)15/h3-4,7H,2,5H2,1H3. The Morgan fingerprint density at radius 2 is 2.27 bits per heavy atom. The molecule has 0 N–H and O–H groups in total. The average molecular weight is 245 g/mol. The van der Waals surface area contributed by atoms with E-state index in [0.717, 1.165) is 11.3 Å².